The molecular weight excluding hydrogens is 426 g/mol. The Kier molecular flexibility index (Phi) is 4.54. The van der Waals surface area contributed by atoms with Crippen LogP contribution in [0.25, 0.3) is 0 Å². The zero-order valence-electron chi connectivity index (χ0n) is 16.1. The second kappa shape index (κ2) is 6.56. The summed E-state index contributed by atoms with van der Waals surface area (Å²) in [5.74, 6) is -0.197. The minimum Gasteiger partial charge on any atom is -0.346 e. The number of anilines is 1. The topological polar surface area (TPSA) is 75.9 Å². The number of nitro benzene ring substituents is 1. The van der Waals surface area contributed by atoms with Crippen LogP contribution in [-0.2, 0) is 4.74 Å². The van der Waals surface area contributed by atoms with Gasteiger partial charge in [0.25, 0.3) is 11.6 Å². The molecule has 1 spiro atoms. The zero-order chi connectivity index (χ0) is 20.3. The third-order valence-corrected chi connectivity index (χ3v) is 6.61. The van der Waals surface area contributed by atoms with Crippen molar-refractivity contribution in [3.05, 3.63) is 44.9 Å². The van der Waals surface area contributed by atoms with Crippen molar-refractivity contribution in [1.29, 1.82) is 0 Å². The highest BCUT2D eigenvalue weighted by Crippen LogP contribution is 2.53. The lowest BCUT2D eigenvalue weighted by Crippen LogP contribution is -2.62. The van der Waals surface area contributed by atoms with E-state index in [1.807, 2.05) is 18.7 Å². The maximum atomic E-state index is 13.7. The Hall–Kier alpha value is -1.93. The number of amides is 1. The predicted octanol–water partition coefficient (Wildman–Crippen LogP) is 4.60. The fourth-order valence-electron chi connectivity index (χ4n) is 5.11. The highest BCUT2D eigenvalue weighted by molar-refractivity contribution is 9.10. The van der Waals surface area contributed by atoms with Gasteiger partial charge in [-0.3, -0.25) is 19.8 Å². The summed E-state index contributed by atoms with van der Waals surface area (Å²) < 4.78 is 7.13. The molecule has 2 heterocycles. The smallest absolute Gasteiger partial charge is 0.271 e. The Bertz CT molecular complexity index is 863. The second-order valence-electron chi connectivity index (χ2n) is 8.28. The van der Waals surface area contributed by atoms with Crippen molar-refractivity contribution in [3.63, 3.8) is 0 Å². The van der Waals surface area contributed by atoms with Gasteiger partial charge in [0.1, 0.15) is 17.5 Å². The molecule has 1 unspecified atom stereocenters. The molecule has 1 aromatic rings. The summed E-state index contributed by atoms with van der Waals surface area (Å²) in [6.45, 7) is 8.41. The van der Waals surface area contributed by atoms with E-state index in [2.05, 4.69) is 27.4 Å². The second-order valence-corrected chi connectivity index (χ2v) is 9.14. The molecule has 1 saturated carbocycles. The average molecular weight is 450 g/mol. The molecule has 3 aliphatic rings. The summed E-state index contributed by atoms with van der Waals surface area (Å²) in [6.07, 6.45) is 6.17. The molecular formula is C20H24BrN3O4. The number of benzene rings is 1. The number of fused-ring (bicyclic) bond motifs is 3. The van der Waals surface area contributed by atoms with Gasteiger partial charge in [-0.2, -0.15) is 0 Å². The summed E-state index contributed by atoms with van der Waals surface area (Å²) in [5, 5.41) is 11.4. The molecule has 1 saturated heterocycles. The van der Waals surface area contributed by atoms with E-state index in [0.29, 0.717) is 22.3 Å². The van der Waals surface area contributed by atoms with Crippen LogP contribution in [0.15, 0.2) is 29.3 Å². The van der Waals surface area contributed by atoms with Gasteiger partial charge in [-0.15, -0.1) is 6.58 Å². The standard InChI is InChI=1S/C20H24BrN3O4/c1-4-10-22-16-14(11-13(24(26)27)12-15(16)21)17(25)23-18(22)19(2,3)28-20(23)8-6-5-7-9-20/h4,11-12,18H,1,5-10H2,2-3H3. The third kappa shape index (κ3) is 2.69. The normalized spacial score (nSPS) is 24.8. The third-order valence-electron chi connectivity index (χ3n) is 6.01. The number of ether oxygens (including phenoxy) is 1. The minimum atomic E-state index is -0.655. The Morgan fingerprint density at radius 3 is 2.64 bits per heavy atom. The minimum absolute atomic E-state index is 0.104. The molecule has 0 N–H and O–H groups in total. The molecule has 0 aromatic heterocycles. The maximum absolute atomic E-state index is 13.7. The number of non-ortho nitro benzene ring substituents is 1. The first-order chi connectivity index (χ1) is 13.2. The van der Waals surface area contributed by atoms with Crippen LogP contribution < -0.4 is 4.90 Å². The molecule has 150 valence electrons. The van der Waals surface area contributed by atoms with Crippen LogP contribution >= 0.6 is 15.9 Å². The first kappa shape index (κ1) is 19.4. The lowest BCUT2D eigenvalue weighted by Gasteiger charge is -2.48. The predicted molar refractivity (Wildman–Crippen MR) is 109 cm³/mol. The number of nitro groups is 1. The summed E-state index contributed by atoms with van der Waals surface area (Å²) in [4.78, 5) is 28.5. The molecule has 4 rings (SSSR count). The van der Waals surface area contributed by atoms with E-state index >= 15 is 0 Å². The average Bonchev–Trinajstić information content (AvgIpc) is 2.85. The van der Waals surface area contributed by atoms with Crippen molar-refractivity contribution in [2.24, 2.45) is 0 Å². The van der Waals surface area contributed by atoms with Crippen molar-refractivity contribution in [2.75, 3.05) is 11.4 Å². The van der Waals surface area contributed by atoms with Gasteiger partial charge in [-0.1, -0.05) is 12.5 Å². The van der Waals surface area contributed by atoms with Gasteiger partial charge >= 0.3 is 0 Å². The van der Waals surface area contributed by atoms with Crippen molar-refractivity contribution < 1.29 is 14.5 Å². The molecule has 28 heavy (non-hydrogen) atoms. The van der Waals surface area contributed by atoms with Gasteiger partial charge in [-0.05, 0) is 55.5 Å². The molecule has 8 heteroatoms. The number of halogens is 1. The van der Waals surface area contributed by atoms with E-state index < -0.39 is 16.2 Å². The molecule has 1 amide bonds. The first-order valence-electron chi connectivity index (χ1n) is 9.61. The summed E-state index contributed by atoms with van der Waals surface area (Å²) in [5.41, 5.74) is -0.341. The number of rotatable bonds is 3. The Morgan fingerprint density at radius 1 is 1.36 bits per heavy atom. The first-order valence-corrected chi connectivity index (χ1v) is 10.4. The molecule has 0 bridgehead atoms. The number of hydrogen-bond donors (Lipinski definition) is 0. The van der Waals surface area contributed by atoms with Gasteiger partial charge in [0, 0.05) is 23.2 Å². The monoisotopic (exact) mass is 449 g/mol. The van der Waals surface area contributed by atoms with Crippen LogP contribution in [-0.4, -0.2) is 39.8 Å². The quantitative estimate of drug-likeness (QED) is 0.382. The van der Waals surface area contributed by atoms with Crippen LogP contribution in [0.4, 0.5) is 11.4 Å². The number of nitrogens with zero attached hydrogens (tertiary/aromatic N) is 3. The van der Waals surface area contributed by atoms with Gasteiger partial charge in [0.2, 0.25) is 0 Å². The molecule has 1 aliphatic carbocycles. The SMILES string of the molecule is C=CCN1c2c(Br)cc([N+](=O)[O-])cc2C(=O)N2C1C(C)(C)OC21CCCCC1. The molecule has 7 nitrogen and oxygen atoms in total. The van der Waals surface area contributed by atoms with Crippen molar-refractivity contribution >= 4 is 33.2 Å². The fourth-order valence-corrected chi connectivity index (χ4v) is 5.79. The van der Waals surface area contributed by atoms with Crippen LogP contribution in [0.1, 0.15) is 56.3 Å². The van der Waals surface area contributed by atoms with Crippen molar-refractivity contribution in [3.8, 4) is 0 Å². The van der Waals surface area contributed by atoms with Crippen molar-refractivity contribution in [1.82, 2.24) is 4.90 Å². The Balaban J connectivity index is 1.94. The van der Waals surface area contributed by atoms with E-state index in [1.54, 1.807) is 6.08 Å². The molecule has 0 radical (unpaired) electrons. The lowest BCUT2D eigenvalue weighted by atomic mass is 9.89. The molecule has 1 aromatic carbocycles. The van der Waals surface area contributed by atoms with E-state index in [1.165, 1.54) is 12.1 Å². The van der Waals surface area contributed by atoms with Crippen LogP contribution in [0.3, 0.4) is 0 Å². The summed E-state index contributed by atoms with van der Waals surface area (Å²) in [6, 6.07) is 2.84. The van der Waals surface area contributed by atoms with Gasteiger partial charge in [0.15, 0.2) is 0 Å². The van der Waals surface area contributed by atoms with Gasteiger partial charge in [0.05, 0.1) is 16.2 Å². The highest BCUT2D eigenvalue weighted by atomic mass is 79.9. The molecule has 2 aliphatic heterocycles. The lowest BCUT2D eigenvalue weighted by molar-refractivity contribution is -0.385. The van der Waals surface area contributed by atoms with E-state index in [0.717, 1.165) is 32.1 Å². The number of hydrogen-bond acceptors (Lipinski definition) is 5. The van der Waals surface area contributed by atoms with E-state index in [-0.39, 0.29) is 17.8 Å². The maximum Gasteiger partial charge on any atom is 0.271 e. The molecule has 1 atom stereocenters. The Morgan fingerprint density at radius 2 is 2.04 bits per heavy atom. The zero-order valence-corrected chi connectivity index (χ0v) is 17.7. The molecule has 2 fully saturated rings. The fraction of sp³-hybridized carbons (Fsp3) is 0.550. The largest absolute Gasteiger partial charge is 0.346 e. The van der Waals surface area contributed by atoms with Crippen molar-refractivity contribution in [2.45, 2.75) is 63.4 Å². The van der Waals surface area contributed by atoms with Crippen LogP contribution in [0.5, 0.6) is 0 Å². The summed E-state index contributed by atoms with van der Waals surface area (Å²) in [7, 11) is 0. The summed E-state index contributed by atoms with van der Waals surface area (Å²) >= 11 is 3.47. The van der Waals surface area contributed by atoms with Crippen LogP contribution in [0, 0.1) is 10.1 Å². The Labute approximate surface area is 172 Å². The number of carbonyl (C=O) groups is 1. The van der Waals surface area contributed by atoms with Gasteiger partial charge in [-0.25, -0.2) is 0 Å². The van der Waals surface area contributed by atoms with E-state index in [4.69, 9.17) is 4.74 Å². The highest BCUT2D eigenvalue weighted by Gasteiger charge is 2.63. The van der Waals surface area contributed by atoms with Gasteiger partial charge < -0.3 is 9.64 Å². The van der Waals surface area contributed by atoms with E-state index in [9.17, 15) is 14.9 Å². The number of carbonyl (C=O) groups excluding carboxylic acids is 1. The van der Waals surface area contributed by atoms with Crippen LogP contribution in [0.2, 0.25) is 0 Å².